The molecule has 0 aliphatic rings. The minimum atomic E-state index is -4.49. The van der Waals surface area contributed by atoms with Crippen molar-refractivity contribution in [3.05, 3.63) is 0 Å². The van der Waals surface area contributed by atoms with E-state index in [4.69, 9.17) is 0 Å². The van der Waals surface area contributed by atoms with Crippen LogP contribution in [-0.4, -0.2) is 39.2 Å². The van der Waals surface area contributed by atoms with Gasteiger partial charge in [-0.1, -0.05) is 206 Å². The van der Waals surface area contributed by atoms with E-state index in [1.54, 1.807) is 0 Å². The molecule has 0 saturated heterocycles. The Bertz CT molecular complexity index is 729. The van der Waals surface area contributed by atoms with Gasteiger partial charge in [-0.15, -0.1) is 0 Å². The predicted octanol–water partition coefficient (Wildman–Crippen LogP) is 11.4. The van der Waals surface area contributed by atoms with Crippen LogP contribution in [0.2, 0.25) is 0 Å². The predicted molar refractivity (Wildman–Crippen MR) is 190 cm³/mol. The van der Waals surface area contributed by atoms with Crippen LogP contribution in [0.25, 0.3) is 0 Å². The minimum absolute atomic E-state index is 0. The average molecular weight is 763 g/mol. The normalized spacial score (nSPS) is 11.7. The molecule has 289 valence electrons. The number of hydrogen-bond acceptors (Lipinski definition) is 8. The molecule has 0 aromatic heterocycles. The molecule has 0 unspecified atom stereocenters. The van der Waals surface area contributed by atoms with Crippen LogP contribution in [0.5, 0.6) is 0 Å². The molecule has 47 heavy (non-hydrogen) atoms. The Balaban J connectivity index is -0.000000807. The summed E-state index contributed by atoms with van der Waals surface area (Å²) < 4.78 is 69.6. The van der Waals surface area contributed by atoms with Crippen molar-refractivity contribution in [2.45, 2.75) is 219 Å². The molecule has 8 nitrogen and oxygen atoms in total. The Kier molecular flexibility index (Phi) is 44.7. The second-order valence-electron chi connectivity index (χ2n) is 13.1. The van der Waals surface area contributed by atoms with E-state index >= 15 is 0 Å². The fourth-order valence-electron chi connectivity index (χ4n) is 5.62. The molecule has 0 aromatic carbocycles. The van der Waals surface area contributed by atoms with Crippen LogP contribution in [0, 0.1) is 0 Å². The summed E-state index contributed by atoms with van der Waals surface area (Å²) >= 11 is 0. The molecule has 0 aliphatic carbocycles. The van der Waals surface area contributed by atoms with Gasteiger partial charge in [0.2, 0.25) is 20.8 Å². The van der Waals surface area contributed by atoms with Crippen LogP contribution < -0.4 is 0 Å². The first-order chi connectivity index (χ1) is 22.1. The third-order valence-corrected chi connectivity index (χ3v) is 9.36. The zero-order valence-electron chi connectivity index (χ0n) is 30.4. The molecule has 0 spiro atoms. The molecule has 11 heteroatoms. The van der Waals surface area contributed by atoms with Gasteiger partial charge in [-0.3, -0.25) is 8.37 Å². The maximum Gasteiger partial charge on any atom is 2.00 e. The van der Waals surface area contributed by atoms with Crippen LogP contribution in [0.4, 0.5) is 0 Å². The van der Waals surface area contributed by atoms with Gasteiger partial charge in [0, 0.05) is 0 Å². The molecule has 0 bridgehead atoms. The fourth-order valence-corrected chi connectivity index (χ4v) is 6.27. The minimum Gasteiger partial charge on any atom is -0.726 e. The zero-order chi connectivity index (χ0) is 34.5. The van der Waals surface area contributed by atoms with Crippen LogP contribution in [0.1, 0.15) is 219 Å². The molecule has 0 atom stereocenters. The molecular formula is C36H74CuO8S2. The molecule has 0 heterocycles. The molecule has 0 amide bonds. The van der Waals surface area contributed by atoms with Crippen molar-refractivity contribution in [3.63, 3.8) is 0 Å². The van der Waals surface area contributed by atoms with Crippen LogP contribution >= 0.6 is 0 Å². The monoisotopic (exact) mass is 761 g/mol. The number of hydrogen-bond donors (Lipinski definition) is 0. The van der Waals surface area contributed by atoms with Gasteiger partial charge in [0.15, 0.2) is 0 Å². The van der Waals surface area contributed by atoms with Crippen LogP contribution in [0.3, 0.4) is 0 Å². The third-order valence-electron chi connectivity index (χ3n) is 8.45. The van der Waals surface area contributed by atoms with Gasteiger partial charge < -0.3 is 9.11 Å². The summed E-state index contributed by atoms with van der Waals surface area (Å²) in [4.78, 5) is 0. The molecular weight excluding hydrogens is 688 g/mol. The summed E-state index contributed by atoms with van der Waals surface area (Å²) in [5, 5.41) is 0. The van der Waals surface area contributed by atoms with E-state index in [9.17, 15) is 25.9 Å². The summed E-state index contributed by atoms with van der Waals surface area (Å²) in [5.74, 6) is 0. The molecule has 0 aliphatic heterocycles. The zero-order valence-corrected chi connectivity index (χ0v) is 33.0. The van der Waals surface area contributed by atoms with Gasteiger partial charge in [-0.2, -0.15) is 0 Å². The van der Waals surface area contributed by atoms with Crippen molar-refractivity contribution < 1.29 is 51.4 Å². The Morgan fingerprint density at radius 3 is 0.617 bits per heavy atom. The van der Waals surface area contributed by atoms with Crippen molar-refractivity contribution in [1.82, 2.24) is 0 Å². The van der Waals surface area contributed by atoms with Crippen LogP contribution in [0.15, 0.2) is 0 Å². The molecule has 0 rings (SSSR count). The summed E-state index contributed by atoms with van der Waals surface area (Å²) in [6.45, 7) is 4.58. The molecule has 0 saturated carbocycles. The largest absolute Gasteiger partial charge is 2.00 e. The maximum absolute atomic E-state index is 10.2. The average Bonchev–Trinajstić information content (AvgIpc) is 2.99. The van der Waals surface area contributed by atoms with E-state index in [1.807, 2.05) is 0 Å². The first-order valence-electron chi connectivity index (χ1n) is 19.3. The summed E-state index contributed by atoms with van der Waals surface area (Å²) in [6, 6.07) is 0. The van der Waals surface area contributed by atoms with Crippen molar-refractivity contribution in [2.75, 3.05) is 13.2 Å². The van der Waals surface area contributed by atoms with Crippen molar-refractivity contribution in [1.29, 1.82) is 0 Å². The van der Waals surface area contributed by atoms with Gasteiger partial charge in [-0.05, 0) is 12.8 Å². The Morgan fingerprint density at radius 1 is 0.319 bits per heavy atom. The molecule has 0 fully saturated rings. The SMILES string of the molecule is CCCCCCCCCCCCCCCCCCOS(=O)(=O)[O-].CCCCCCCCCCCCCCCCCCOS(=O)(=O)[O-].[Cu+2]. The maximum atomic E-state index is 10.2. The standard InChI is InChI=1S/2C18H38O4S.Cu/c2*1-2-3-4-5-6-7-8-9-10-11-12-13-14-15-16-17-18-22-23(19,20)21;/h2*2-18H2,1H3,(H,19,20,21);/q;;+2/p-2. The van der Waals surface area contributed by atoms with E-state index in [2.05, 4.69) is 22.2 Å². The summed E-state index contributed by atoms with van der Waals surface area (Å²) in [7, 11) is -8.99. The van der Waals surface area contributed by atoms with E-state index in [1.165, 1.54) is 167 Å². The van der Waals surface area contributed by atoms with Crippen LogP contribution in [-0.2, 0) is 46.2 Å². The fraction of sp³-hybridized carbons (Fsp3) is 1.00. The quantitative estimate of drug-likeness (QED) is 0.0267. The van der Waals surface area contributed by atoms with E-state index < -0.39 is 20.8 Å². The smallest absolute Gasteiger partial charge is 0.726 e. The Morgan fingerprint density at radius 2 is 0.468 bits per heavy atom. The molecule has 0 aromatic rings. The second-order valence-corrected chi connectivity index (χ2v) is 15.2. The van der Waals surface area contributed by atoms with Crippen molar-refractivity contribution >= 4 is 20.8 Å². The van der Waals surface area contributed by atoms with Gasteiger partial charge in [0.05, 0.1) is 13.2 Å². The first kappa shape index (κ1) is 51.6. The third kappa shape index (κ3) is 55.9. The Labute approximate surface area is 303 Å². The first-order valence-corrected chi connectivity index (χ1v) is 22.0. The van der Waals surface area contributed by atoms with Gasteiger partial charge in [-0.25, -0.2) is 16.8 Å². The molecule has 1 radical (unpaired) electrons. The summed E-state index contributed by atoms with van der Waals surface area (Å²) in [6.07, 6.45) is 40.6. The molecule has 0 N–H and O–H groups in total. The Hall–Kier alpha value is 0.259. The van der Waals surface area contributed by atoms with E-state index in [0.29, 0.717) is 12.8 Å². The second kappa shape index (κ2) is 40.7. The number of unbranched alkanes of at least 4 members (excludes halogenated alkanes) is 30. The topological polar surface area (TPSA) is 133 Å². The van der Waals surface area contributed by atoms with Gasteiger partial charge in [0.25, 0.3) is 0 Å². The van der Waals surface area contributed by atoms with Crippen molar-refractivity contribution in [2.24, 2.45) is 0 Å². The summed E-state index contributed by atoms with van der Waals surface area (Å²) in [5.41, 5.74) is 0. The van der Waals surface area contributed by atoms with Gasteiger partial charge >= 0.3 is 17.1 Å². The van der Waals surface area contributed by atoms with E-state index in [0.717, 1.165) is 25.7 Å². The van der Waals surface area contributed by atoms with Crippen molar-refractivity contribution in [3.8, 4) is 0 Å². The van der Waals surface area contributed by atoms with E-state index in [-0.39, 0.29) is 30.3 Å². The number of rotatable bonds is 36. The van der Waals surface area contributed by atoms with Gasteiger partial charge in [0.1, 0.15) is 0 Å².